The van der Waals surface area contributed by atoms with Crippen LogP contribution in [-0.4, -0.2) is 6.54 Å². The Labute approximate surface area is 93.1 Å². The molecule has 0 spiro atoms. The molecule has 1 N–H and O–H groups in total. The molecule has 1 heterocycles. The summed E-state index contributed by atoms with van der Waals surface area (Å²) in [6.07, 6.45) is 4.16. The first-order valence-electron chi connectivity index (χ1n) is 5.96. The van der Waals surface area contributed by atoms with E-state index in [2.05, 4.69) is 33.0 Å². The lowest BCUT2D eigenvalue weighted by molar-refractivity contribution is 0.349. The van der Waals surface area contributed by atoms with Crippen LogP contribution in [-0.2, 0) is 0 Å². The number of hydrogen-bond acceptors (Lipinski definition) is 2. The van der Waals surface area contributed by atoms with E-state index in [1.807, 2.05) is 6.07 Å². The first kappa shape index (κ1) is 12.3. The van der Waals surface area contributed by atoms with Crippen LogP contribution in [0.25, 0.3) is 0 Å². The van der Waals surface area contributed by atoms with Crippen LogP contribution in [0.1, 0.15) is 51.0 Å². The Bertz CT molecular complexity index is 280. The Hall–Kier alpha value is -0.760. The van der Waals surface area contributed by atoms with E-state index >= 15 is 0 Å². The first-order valence-corrected chi connectivity index (χ1v) is 5.96. The highest BCUT2D eigenvalue weighted by Gasteiger charge is 2.18. The molecule has 15 heavy (non-hydrogen) atoms. The zero-order valence-electron chi connectivity index (χ0n) is 10.3. The van der Waals surface area contributed by atoms with Crippen LogP contribution < -0.4 is 5.32 Å². The average Bonchev–Trinajstić information content (AvgIpc) is 2.63. The molecule has 2 heteroatoms. The van der Waals surface area contributed by atoms with Crippen LogP contribution >= 0.6 is 0 Å². The number of aryl methyl sites for hydroxylation is 1. The van der Waals surface area contributed by atoms with Gasteiger partial charge in [-0.1, -0.05) is 27.2 Å². The van der Waals surface area contributed by atoms with Gasteiger partial charge in [-0.3, -0.25) is 0 Å². The molecular formula is C13H23NO. The van der Waals surface area contributed by atoms with Gasteiger partial charge in [0, 0.05) is 0 Å². The van der Waals surface area contributed by atoms with Crippen LogP contribution in [0.15, 0.2) is 16.7 Å². The molecule has 0 aliphatic carbocycles. The summed E-state index contributed by atoms with van der Waals surface area (Å²) in [5, 5.41) is 3.50. The van der Waals surface area contributed by atoms with Gasteiger partial charge in [0.15, 0.2) is 0 Å². The summed E-state index contributed by atoms with van der Waals surface area (Å²) in [5.74, 6) is 1.84. The van der Waals surface area contributed by atoms with Gasteiger partial charge in [0.2, 0.25) is 0 Å². The van der Waals surface area contributed by atoms with Gasteiger partial charge in [0.1, 0.15) is 5.76 Å². The second-order valence-electron chi connectivity index (χ2n) is 4.33. The lowest BCUT2D eigenvalue weighted by atomic mass is 9.96. The topological polar surface area (TPSA) is 25.2 Å². The molecule has 2 unspecified atom stereocenters. The van der Waals surface area contributed by atoms with Crippen LogP contribution in [0, 0.1) is 12.8 Å². The highest BCUT2D eigenvalue weighted by molar-refractivity contribution is 5.18. The largest absolute Gasteiger partial charge is 0.467 e. The highest BCUT2D eigenvalue weighted by atomic mass is 16.3. The van der Waals surface area contributed by atoms with Gasteiger partial charge in [-0.25, -0.2) is 0 Å². The van der Waals surface area contributed by atoms with Crippen molar-refractivity contribution >= 4 is 0 Å². The number of hydrogen-bond donors (Lipinski definition) is 1. The van der Waals surface area contributed by atoms with Gasteiger partial charge in [-0.05, 0) is 37.4 Å². The molecule has 0 radical (unpaired) electrons. The third-order valence-corrected chi connectivity index (χ3v) is 3.00. The van der Waals surface area contributed by atoms with E-state index < -0.39 is 0 Å². The van der Waals surface area contributed by atoms with E-state index in [4.69, 9.17) is 4.42 Å². The van der Waals surface area contributed by atoms with Crippen LogP contribution in [0.3, 0.4) is 0 Å². The maximum atomic E-state index is 5.56. The van der Waals surface area contributed by atoms with Crippen molar-refractivity contribution in [2.24, 2.45) is 5.92 Å². The molecule has 0 aromatic carbocycles. The van der Waals surface area contributed by atoms with Crippen molar-refractivity contribution in [3.63, 3.8) is 0 Å². The zero-order chi connectivity index (χ0) is 11.3. The van der Waals surface area contributed by atoms with Crippen molar-refractivity contribution in [2.45, 2.75) is 46.6 Å². The van der Waals surface area contributed by atoms with Gasteiger partial charge in [0.05, 0.1) is 12.3 Å². The van der Waals surface area contributed by atoms with Gasteiger partial charge in [0.25, 0.3) is 0 Å². The highest BCUT2D eigenvalue weighted by Crippen LogP contribution is 2.26. The molecule has 0 fully saturated rings. The Morgan fingerprint density at radius 1 is 1.40 bits per heavy atom. The maximum absolute atomic E-state index is 5.56. The third-order valence-electron chi connectivity index (χ3n) is 3.00. The number of furan rings is 1. The molecule has 0 saturated heterocycles. The summed E-state index contributed by atoms with van der Waals surface area (Å²) in [7, 11) is 0. The fraction of sp³-hybridized carbons (Fsp3) is 0.692. The lowest BCUT2D eigenvalue weighted by Gasteiger charge is -2.19. The molecule has 2 atom stereocenters. The molecule has 1 aromatic rings. The molecule has 1 aromatic heterocycles. The SMILES string of the molecule is CCNC(CC(C)CC)c1occc1C. The average molecular weight is 209 g/mol. The Morgan fingerprint density at radius 2 is 2.13 bits per heavy atom. The predicted molar refractivity (Wildman–Crippen MR) is 63.9 cm³/mol. The summed E-state index contributed by atoms with van der Waals surface area (Å²) < 4.78 is 5.56. The van der Waals surface area contributed by atoms with Crippen LogP contribution in [0.5, 0.6) is 0 Å². The minimum absolute atomic E-state index is 0.375. The Balaban J connectivity index is 2.69. The second-order valence-corrected chi connectivity index (χ2v) is 4.33. The molecule has 0 saturated carbocycles. The lowest BCUT2D eigenvalue weighted by Crippen LogP contribution is -2.23. The smallest absolute Gasteiger partial charge is 0.123 e. The third kappa shape index (κ3) is 3.38. The van der Waals surface area contributed by atoms with Crippen molar-refractivity contribution in [3.05, 3.63) is 23.7 Å². The monoisotopic (exact) mass is 209 g/mol. The summed E-state index contributed by atoms with van der Waals surface area (Å²) in [5.41, 5.74) is 1.25. The maximum Gasteiger partial charge on any atom is 0.123 e. The van der Waals surface area contributed by atoms with Gasteiger partial charge in [-0.15, -0.1) is 0 Å². The molecule has 0 amide bonds. The molecule has 2 nitrogen and oxygen atoms in total. The van der Waals surface area contributed by atoms with E-state index in [0.717, 1.165) is 24.6 Å². The minimum atomic E-state index is 0.375. The Kier molecular flexibility index (Phi) is 4.89. The van der Waals surface area contributed by atoms with Gasteiger partial charge >= 0.3 is 0 Å². The quantitative estimate of drug-likeness (QED) is 0.773. The standard InChI is InChI=1S/C13H23NO/c1-5-10(3)9-12(14-6-2)13-11(4)7-8-15-13/h7-8,10,12,14H,5-6,9H2,1-4H3. The number of rotatable bonds is 6. The zero-order valence-corrected chi connectivity index (χ0v) is 10.3. The van der Waals surface area contributed by atoms with Crippen molar-refractivity contribution in [2.75, 3.05) is 6.54 Å². The van der Waals surface area contributed by atoms with Crippen LogP contribution in [0.2, 0.25) is 0 Å². The summed E-state index contributed by atoms with van der Waals surface area (Å²) in [6, 6.07) is 2.41. The number of nitrogens with one attached hydrogen (secondary N) is 1. The normalized spacial score (nSPS) is 15.2. The molecule has 0 aliphatic rings. The Morgan fingerprint density at radius 3 is 2.60 bits per heavy atom. The fourth-order valence-electron chi connectivity index (χ4n) is 1.84. The predicted octanol–water partition coefficient (Wildman–Crippen LogP) is 3.67. The fourth-order valence-corrected chi connectivity index (χ4v) is 1.84. The first-order chi connectivity index (χ1) is 7.19. The van der Waals surface area contributed by atoms with Crippen molar-refractivity contribution in [3.8, 4) is 0 Å². The van der Waals surface area contributed by atoms with E-state index in [1.165, 1.54) is 12.0 Å². The molecule has 86 valence electrons. The van der Waals surface area contributed by atoms with Crippen molar-refractivity contribution in [1.82, 2.24) is 5.32 Å². The molecule has 0 aliphatic heterocycles. The molecule has 0 bridgehead atoms. The van der Waals surface area contributed by atoms with E-state index in [-0.39, 0.29) is 0 Å². The summed E-state index contributed by atoms with van der Waals surface area (Å²) in [4.78, 5) is 0. The molecular weight excluding hydrogens is 186 g/mol. The van der Waals surface area contributed by atoms with E-state index in [0.29, 0.717) is 6.04 Å². The van der Waals surface area contributed by atoms with Crippen molar-refractivity contribution in [1.29, 1.82) is 0 Å². The minimum Gasteiger partial charge on any atom is -0.467 e. The second kappa shape index (κ2) is 5.96. The van der Waals surface area contributed by atoms with Gasteiger partial charge < -0.3 is 9.73 Å². The molecule has 1 rings (SSSR count). The van der Waals surface area contributed by atoms with E-state index in [9.17, 15) is 0 Å². The van der Waals surface area contributed by atoms with Gasteiger partial charge in [-0.2, -0.15) is 0 Å². The van der Waals surface area contributed by atoms with E-state index in [1.54, 1.807) is 6.26 Å². The van der Waals surface area contributed by atoms with Crippen LogP contribution in [0.4, 0.5) is 0 Å². The summed E-state index contributed by atoms with van der Waals surface area (Å²) >= 11 is 0. The summed E-state index contributed by atoms with van der Waals surface area (Å²) in [6.45, 7) is 9.77. The van der Waals surface area contributed by atoms with Crippen molar-refractivity contribution < 1.29 is 4.42 Å².